The molecule has 8 nitrogen and oxygen atoms in total. The zero-order valence-electron chi connectivity index (χ0n) is 28.3. The fourth-order valence-electron chi connectivity index (χ4n) is 4.65. The molecule has 1 N–H and O–H groups in total. The van der Waals surface area contributed by atoms with E-state index in [0.29, 0.717) is 6.42 Å². The highest BCUT2D eigenvalue weighted by Gasteiger charge is 2.24. The van der Waals surface area contributed by atoms with Gasteiger partial charge in [-0.25, -0.2) is 4.57 Å². The molecule has 0 bridgehead atoms. The van der Waals surface area contributed by atoms with Crippen LogP contribution in [-0.2, 0) is 32.7 Å². The van der Waals surface area contributed by atoms with Gasteiger partial charge in [0.2, 0.25) is 0 Å². The largest absolute Gasteiger partial charge is 0.472 e. The number of carbonyl (C=O) groups excluding carboxylic acids is 2. The van der Waals surface area contributed by atoms with E-state index in [4.69, 9.17) is 14.0 Å². The highest BCUT2D eigenvalue weighted by molar-refractivity contribution is 7.47. The van der Waals surface area contributed by atoms with E-state index in [1.807, 2.05) is 0 Å². The van der Waals surface area contributed by atoms with Gasteiger partial charge in [-0.3, -0.25) is 18.6 Å². The van der Waals surface area contributed by atoms with Gasteiger partial charge in [0.05, 0.1) is 6.61 Å². The normalized spacial score (nSPS) is 13.8. The highest BCUT2D eigenvalue weighted by atomic mass is 31.2. The minimum absolute atomic E-state index is 0.231. The first-order chi connectivity index (χ1) is 21.3. The van der Waals surface area contributed by atoms with Crippen LogP contribution in [0.25, 0.3) is 0 Å². The molecule has 0 aliphatic heterocycles. The molecular formula is C35H65O8P. The van der Waals surface area contributed by atoms with Gasteiger partial charge >= 0.3 is 19.8 Å². The molecule has 0 rings (SSSR count). The van der Waals surface area contributed by atoms with E-state index in [2.05, 4.69) is 42.7 Å². The molecule has 0 aromatic carbocycles. The summed E-state index contributed by atoms with van der Waals surface area (Å²) in [4.78, 5) is 34.2. The topological polar surface area (TPSA) is 108 Å². The second-order valence-electron chi connectivity index (χ2n) is 11.6. The summed E-state index contributed by atoms with van der Waals surface area (Å²) in [5, 5.41) is 0. The van der Waals surface area contributed by atoms with Crippen LogP contribution in [0.2, 0.25) is 0 Å². The van der Waals surface area contributed by atoms with Crippen molar-refractivity contribution >= 4 is 19.8 Å². The third-order valence-electron chi connectivity index (χ3n) is 7.42. The second kappa shape index (κ2) is 31.5. The lowest BCUT2D eigenvalue weighted by Gasteiger charge is -2.19. The Balaban J connectivity index is 4.13. The number of hydrogen-bond donors (Lipinski definition) is 1. The lowest BCUT2D eigenvalue weighted by Crippen LogP contribution is -2.29. The molecular weight excluding hydrogens is 579 g/mol. The van der Waals surface area contributed by atoms with E-state index in [0.717, 1.165) is 77.7 Å². The molecule has 0 aromatic rings. The smallest absolute Gasteiger partial charge is 0.462 e. The summed E-state index contributed by atoms with van der Waals surface area (Å²) >= 11 is 0. The number of esters is 2. The van der Waals surface area contributed by atoms with Gasteiger partial charge in [-0.05, 0) is 64.2 Å². The number of phosphoric acid groups is 1. The summed E-state index contributed by atoms with van der Waals surface area (Å²) in [6.07, 6.45) is 32.2. The van der Waals surface area contributed by atoms with Crippen LogP contribution in [0.4, 0.5) is 0 Å². The first-order valence-electron chi connectivity index (χ1n) is 17.5. The molecule has 0 aliphatic rings. The summed E-state index contributed by atoms with van der Waals surface area (Å²) in [7, 11) is -3.20. The van der Waals surface area contributed by atoms with Crippen molar-refractivity contribution in [1.82, 2.24) is 0 Å². The molecule has 0 saturated heterocycles. The van der Waals surface area contributed by atoms with E-state index in [1.54, 1.807) is 0 Å². The Morgan fingerprint density at radius 1 is 0.614 bits per heavy atom. The molecule has 9 heteroatoms. The minimum atomic E-state index is -4.25. The fraction of sp³-hybridized carbons (Fsp3) is 0.829. The van der Waals surface area contributed by atoms with Crippen LogP contribution < -0.4 is 0 Å². The van der Waals surface area contributed by atoms with Crippen molar-refractivity contribution < 1.29 is 37.6 Å². The van der Waals surface area contributed by atoms with Crippen molar-refractivity contribution in [2.75, 3.05) is 20.3 Å². The summed E-state index contributed by atoms with van der Waals surface area (Å²) in [5.74, 6) is -0.826. The molecule has 0 aromatic heterocycles. The number of allylic oxidation sites excluding steroid dienone is 4. The highest BCUT2D eigenvalue weighted by Crippen LogP contribution is 2.42. The molecule has 0 fully saturated rings. The van der Waals surface area contributed by atoms with E-state index < -0.39 is 26.5 Å². The summed E-state index contributed by atoms with van der Waals surface area (Å²) in [6.45, 7) is 3.81. The maximum Gasteiger partial charge on any atom is 0.472 e. The van der Waals surface area contributed by atoms with Gasteiger partial charge in [-0.1, -0.05) is 109 Å². The average Bonchev–Trinajstić information content (AvgIpc) is 3.01. The number of carbonyl (C=O) groups is 2. The van der Waals surface area contributed by atoms with Crippen LogP contribution in [-0.4, -0.2) is 43.3 Å². The quantitative estimate of drug-likeness (QED) is 0.0333. The van der Waals surface area contributed by atoms with Gasteiger partial charge in [-0.15, -0.1) is 0 Å². The molecule has 44 heavy (non-hydrogen) atoms. The predicted octanol–water partition coefficient (Wildman–Crippen LogP) is 10.3. The first-order valence-corrected chi connectivity index (χ1v) is 19.0. The zero-order chi connectivity index (χ0) is 32.6. The maximum atomic E-state index is 12.4. The lowest BCUT2D eigenvalue weighted by molar-refractivity contribution is -0.161. The van der Waals surface area contributed by atoms with Crippen LogP contribution in [0.15, 0.2) is 24.3 Å². The Hall–Kier alpha value is -1.47. The molecule has 0 heterocycles. The Bertz CT molecular complexity index is 783. The monoisotopic (exact) mass is 644 g/mol. The van der Waals surface area contributed by atoms with Crippen LogP contribution >= 0.6 is 7.82 Å². The Morgan fingerprint density at radius 2 is 1.02 bits per heavy atom. The van der Waals surface area contributed by atoms with Gasteiger partial charge < -0.3 is 14.4 Å². The molecule has 0 aliphatic carbocycles. The van der Waals surface area contributed by atoms with E-state index in [-0.39, 0.29) is 25.4 Å². The summed E-state index contributed by atoms with van der Waals surface area (Å²) in [6, 6.07) is 0. The number of phosphoric ester groups is 1. The maximum absolute atomic E-state index is 12.4. The Morgan fingerprint density at radius 3 is 1.52 bits per heavy atom. The van der Waals surface area contributed by atoms with Crippen molar-refractivity contribution in [2.24, 2.45) is 0 Å². The Kier molecular flexibility index (Phi) is 30.5. The van der Waals surface area contributed by atoms with Crippen molar-refractivity contribution in [3.63, 3.8) is 0 Å². The number of unbranched alkanes of at least 4 members (excludes halogenated alkanes) is 17. The van der Waals surface area contributed by atoms with Crippen molar-refractivity contribution in [3.8, 4) is 0 Å². The number of rotatable bonds is 32. The fourth-order valence-corrected chi connectivity index (χ4v) is 5.11. The molecule has 0 spiro atoms. The van der Waals surface area contributed by atoms with Crippen molar-refractivity contribution in [1.29, 1.82) is 0 Å². The lowest BCUT2D eigenvalue weighted by atomic mass is 10.1. The summed E-state index contributed by atoms with van der Waals surface area (Å²) < 4.78 is 31.8. The number of hydrogen-bond acceptors (Lipinski definition) is 7. The predicted molar refractivity (Wildman–Crippen MR) is 179 cm³/mol. The molecule has 0 saturated carbocycles. The van der Waals surface area contributed by atoms with Gasteiger partial charge in [0.15, 0.2) is 6.10 Å². The van der Waals surface area contributed by atoms with E-state index >= 15 is 0 Å². The van der Waals surface area contributed by atoms with E-state index in [9.17, 15) is 19.0 Å². The molecule has 0 amide bonds. The zero-order valence-corrected chi connectivity index (χ0v) is 29.2. The van der Waals surface area contributed by atoms with Crippen LogP contribution in [0.5, 0.6) is 0 Å². The molecule has 258 valence electrons. The second-order valence-corrected chi connectivity index (χ2v) is 13.2. The summed E-state index contributed by atoms with van der Waals surface area (Å²) in [5.41, 5.74) is 0. The standard InChI is InChI=1S/C35H65O8P/c1-4-6-8-10-12-14-16-18-20-22-24-26-28-30-35(37)43-33(32-42-44(38,39)40-3)31-41-34(36)29-27-25-23-21-19-17-15-13-11-9-7-5-2/h13-16,33H,4-12,17-32H2,1-3H3,(H,38,39)/b15-13-,16-14-. The molecule has 0 radical (unpaired) electrons. The van der Waals surface area contributed by atoms with Crippen molar-refractivity contribution in [3.05, 3.63) is 24.3 Å². The number of ether oxygens (including phenoxy) is 2. The van der Waals surface area contributed by atoms with Crippen LogP contribution in [0, 0.1) is 0 Å². The third-order valence-corrected chi connectivity index (χ3v) is 8.35. The van der Waals surface area contributed by atoms with Gasteiger partial charge in [0.1, 0.15) is 6.61 Å². The van der Waals surface area contributed by atoms with Gasteiger partial charge in [-0.2, -0.15) is 0 Å². The van der Waals surface area contributed by atoms with Crippen LogP contribution in [0.1, 0.15) is 162 Å². The minimum Gasteiger partial charge on any atom is -0.462 e. The molecule has 2 atom stereocenters. The van der Waals surface area contributed by atoms with Gasteiger partial charge in [0, 0.05) is 20.0 Å². The van der Waals surface area contributed by atoms with Crippen LogP contribution in [0.3, 0.4) is 0 Å². The Labute approximate surface area is 269 Å². The van der Waals surface area contributed by atoms with Crippen molar-refractivity contribution in [2.45, 2.75) is 168 Å². The van der Waals surface area contributed by atoms with E-state index in [1.165, 1.54) is 57.8 Å². The molecule has 2 unspecified atom stereocenters. The first kappa shape index (κ1) is 42.5. The SMILES string of the molecule is CCCCC/C=C\CCCCCCCC(=O)OCC(COP(=O)(O)OC)OC(=O)CCCCCCC/C=C\CCCCCC. The average molecular weight is 645 g/mol. The third kappa shape index (κ3) is 30.6. The van der Waals surface area contributed by atoms with Gasteiger partial charge in [0.25, 0.3) is 0 Å².